The van der Waals surface area contributed by atoms with Crippen molar-refractivity contribution in [2.45, 2.75) is 31.2 Å². The van der Waals surface area contributed by atoms with Crippen LogP contribution < -0.4 is 5.73 Å². The predicted molar refractivity (Wildman–Crippen MR) is 66.0 cm³/mol. The Morgan fingerprint density at radius 2 is 1.94 bits per heavy atom. The van der Waals surface area contributed by atoms with Crippen LogP contribution in [0.1, 0.15) is 25.7 Å². The Bertz CT molecular complexity index is 236. The smallest absolute Gasteiger partial charge is 0.106 e. The number of nitrogens with two attached hydrogens (primary N) is 1. The van der Waals surface area contributed by atoms with Crippen LogP contribution in [0.25, 0.3) is 0 Å². The summed E-state index contributed by atoms with van der Waals surface area (Å²) in [6.45, 7) is 4.26. The van der Waals surface area contributed by atoms with Crippen LogP contribution in [0.15, 0.2) is 0 Å². The van der Waals surface area contributed by atoms with E-state index in [2.05, 4.69) is 30.0 Å². The molecular weight excluding hydrogens is 200 g/mol. The van der Waals surface area contributed by atoms with Gasteiger partial charge in [-0.05, 0) is 52.9 Å². The number of hydrogen-bond donors (Lipinski definition) is 1. The van der Waals surface area contributed by atoms with Crippen molar-refractivity contribution in [2.75, 3.05) is 40.3 Å². The van der Waals surface area contributed by atoms with Crippen molar-refractivity contribution in [3.8, 4) is 6.07 Å². The molecule has 0 spiro atoms. The zero-order valence-corrected chi connectivity index (χ0v) is 10.6. The van der Waals surface area contributed by atoms with E-state index in [1.54, 1.807) is 0 Å². The summed E-state index contributed by atoms with van der Waals surface area (Å²) in [5.41, 5.74) is 5.37. The first-order chi connectivity index (χ1) is 7.56. The Morgan fingerprint density at radius 1 is 1.31 bits per heavy atom. The molecule has 1 fully saturated rings. The lowest BCUT2D eigenvalue weighted by Crippen LogP contribution is -2.49. The highest BCUT2D eigenvalue weighted by atomic mass is 15.1. The summed E-state index contributed by atoms with van der Waals surface area (Å²) in [5.74, 6) is 0. The van der Waals surface area contributed by atoms with Gasteiger partial charge in [-0.25, -0.2) is 0 Å². The molecule has 0 bridgehead atoms. The highest BCUT2D eigenvalue weighted by Crippen LogP contribution is 2.18. The zero-order valence-electron chi connectivity index (χ0n) is 10.6. The van der Waals surface area contributed by atoms with Gasteiger partial charge in [-0.3, -0.25) is 0 Å². The standard InChI is InChI=1S/C12H24N4/c1-15(2)7-3-4-8-16-9-5-12(14,11-13)6-10-16/h3-10,14H2,1-2H3. The average Bonchev–Trinajstić information content (AvgIpc) is 2.27. The minimum atomic E-state index is -0.555. The quantitative estimate of drug-likeness (QED) is 0.697. The lowest BCUT2D eigenvalue weighted by Gasteiger charge is -2.34. The van der Waals surface area contributed by atoms with Gasteiger partial charge >= 0.3 is 0 Å². The molecule has 0 amide bonds. The van der Waals surface area contributed by atoms with Crippen LogP contribution in [0.3, 0.4) is 0 Å². The second-order valence-electron chi connectivity index (χ2n) is 5.12. The number of nitrogens with zero attached hydrogens (tertiary/aromatic N) is 3. The van der Waals surface area contributed by atoms with Crippen LogP contribution >= 0.6 is 0 Å². The van der Waals surface area contributed by atoms with E-state index in [1.807, 2.05) is 0 Å². The summed E-state index contributed by atoms with van der Waals surface area (Å²) >= 11 is 0. The molecule has 1 aliphatic rings. The molecule has 16 heavy (non-hydrogen) atoms. The van der Waals surface area contributed by atoms with Crippen molar-refractivity contribution in [1.29, 1.82) is 5.26 Å². The fourth-order valence-corrected chi connectivity index (χ4v) is 2.05. The van der Waals surface area contributed by atoms with Crippen molar-refractivity contribution < 1.29 is 0 Å². The van der Waals surface area contributed by atoms with E-state index in [-0.39, 0.29) is 0 Å². The van der Waals surface area contributed by atoms with Crippen LogP contribution in [0.2, 0.25) is 0 Å². The van der Waals surface area contributed by atoms with Gasteiger partial charge < -0.3 is 15.5 Å². The van der Waals surface area contributed by atoms with E-state index >= 15 is 0 Å². The van der Waals surface area contributed by atoms with Gasteiger partial charge in [0.1, 0.15) is 5.54 Å². The normalized spacial score (nSPS) is 20.9. The minimum Gasteiger partial charge on any atom is -0.313 e. The highest BCUT2D eigenvalue weighted by molar-refractivity contribution is 5.07. The average molecular weight is 224 g/mol. The number of rotatable bonds is 5. The fraction of sp³-hybridized carbons (Fsp3) is 0.917. The predicted octanol–water partition coefficient (Wildman–Crippen LogP) is 0.645. The SMILES string of the molecule is CN(C)CCCCN1CCC(N)(C#N)CC1. The first-order valence-electron chi connectivity index (χ1n) is 6.13. The van der Waals surface area contributed by atoms with Gasteiger partial charge in [-0.2, -0.15) is 5.26 Å². The second-order valence-corrected chi connectivity index (χ2v) is 5.12. The third-order valence-electron chi connectivity index (χ3n) is 3.30. The molecule has 0 aromatic carbocycles. The largest absolute Gasteiger partial charge is 0.313 e. The Labute approximate surface area is 99.0 Å². The molecule has 1 heterocycles. The van der Waals surface area contributed by atoms with Gasteiger partial charge in [0.05, 0.1) is 6.07 Å². The Kier molecular flexibility index (Phi) is 5.20. The molecule has 1 saturated heterocycles. The van der Waals surface area contributed by atoms with Crippen LogP contribution in [0.5, 0.6) is 0 Å². The third kappa shape index (κ3) is 4.48. The minimum absolute atomic E-state index is 0.555. The van der Waals surface area contributed by atoms with Gasteiger partial charge in [0.25, 0.3) is 0 Å². The van der Waals surface area contributed by atoms with Crippen molar-refractivity contribution in [1.82, 2.24) is 9.80 Å². The molecule has 92 valence electrons. The third-order valence-corrected chi connectivity index (χ3v) is 3.30. The summed E-state index contributed by atoms with van der Waals surface area (Å²) in [6.07, 6.45) is 4.12. The molecule has 4 heteroatoms. The molecule has 0 radical (unpaired) electrons. The highest BCUT2D eigenvalue weighted by Gasteiger charge is 2.29. The van der Waals surface area contributed by atoms with Gasteiger partial charge in [0, 0.05) is 13.1 Å². The van der Waals surface area contributed by atoms with Crippen molar-refractivity contribution in [3.05, 3.63) is 0 Å². The first kappa shape index (κ1) is 13.4. The number of nitriles is 1. The topological polar surface area (TPSA) is 56.3 Å². The molecule has 0 aromatic heterocycles. The molecule has 0 atom stereocenters. The molecule has 4 nitrogen and oxygen atoms in total. The van der Waals surface area contributed by atoms with E-state index < -0.39 is 5.54 Å². The van der Waals surface area contributed by atoms with E-state index in [0.717, 1.165) is 39.0 Å². The molecule has 0 aliphatic carbocycles. The second kappa shape index (κ2) is 6.19. The molecule has 0 saturated carbocycles. The van der Waals surface area contributed by atoms with Crippen LogP contribution in [-0.4, -0.2) is 55.6 Å². The maximum Gasteiger partial charge on any atom is 0.106 e. The summed E-state index contributed by atoms with van der Waals surface area (Å²) in [4.78, 5) is 4.65. The van der Waals surface area contributed by atoms with E-state index in [4.69, 9.17) is 11.0 Å². The summed E-state index contributed by atoms with van der Waals surface area (Å²) in [5, 5.41) is 8.91. The maximum absolute atomic E-state index is 8.91. The zero-order chi connectivity index (χ0) is 12.0. The van der Waals surface area contributed by atoms with Gasteiger partial charge in [-0.1, -0.05) is 0 Å². The van der Waals surface area contributed by atoms with Gasteiger partial charge in [-0.15, -0.1) is 0 Å². The lowest BCUT2D eigenvalue weighted by atomic mass is 9.90. The Morgan fingerprint density at radius 3 is 2.44 bits per heavy atom. The number of unbranched alkanes of at least 4 members (excludes halogenated alkanes) is 1. The maximum atomic E-state index is 8.91. The molecule has 2 N–H and O–H groups in total. The summed E-state index contributed by atoms with van der Waals surface area (Å²) in [6, 6.07) is 2.23. The van der Waals surface area contributed by atoms with Crippen LogP contribution in [0, 0.1) is 11.3 Å². The van der Waals surface area contributed by atoms with Crippen molar-refractivity contribution in [2.24, 2.45) is 5.73 Å². The van der Waals surface area contributed by atoms with E-state index in [0.29, 0.717) is 0 Å². The number of likely N-dealkylation sites (tertiary alicyclic amines) is 1. The molecule has 0 unspecified atom stereocenters. The van der Waals surface area contributed by atoms with E-state index in [1.165, 1.54) is 12.8 Å². The lowest BCUT2D eigenvalue weighted by molar-refractivity contribution is 0.184. The summed E-state index contributed by atoms with van der Waals surface area (Å²) in [7, 11) is 4.22. The van der Waals surface area contributed by atoms with Crippen LogP contribution in [-0.2, 0) is 0 Å². The van der Waals surface area contributed by atoms with E-state index in [9.17, 15) is 0 Å². The van der Waals surface area contributed by atoms with Crippen molar-refractivity contribution >= 4 is 0 Å². The number of piperidine rings is 1. The molecule has 1 aliphatic heterocycles. The Balaban J connectivity index is 2.11. The van der Waals surface area contributed by atoms with Crippen molar-refractivity contribution in [3.63, 3.8) is 0 Å². The number of hydrogen-bond acceptors (Lipinski definition) is 4. The molecular formula is C12H24N4. The fourth-order valence-electron chi connectivity index (χ4n) is 2.05. The summed E-state index contributed by atoms with van der Waals surface area (Å²) < 4.78 is 0. The Hall–Kier alpha value is -0.630. The first-order valence-corrected chi connectivity index (χ1v) is 6.13. The monoisotopic (exact) mass is 224 g/mol. The molecule has 1 rings (SSSR count). The molecule has 0 aromatic rings. The van der Waals surface area contributed by atoms with Gasteiger partial charge in [0.15, 0.2) is 0 Å². The van der Waals surface area contributed by atoms with Crippen LogP contribution in [0.4, 0.5) is 0 Å². The van der Waals surface area contributed by atoms with Gasteiger partial charge in [0.2, 0.25) is 0 Å².